The maximum absolute atomic E-state index is 13.0. The molecule has 0 spiro atoms. The normalized spacial score (nSPS) is 12.7. The molecule has 1 aromatic heterocycles. The van der Waals surface area contributed by atoms with Crippen molar-refractivity contribution in [3.8, 4) is 0 Å². The van der Waals surface area contributed by atoms with E-state index < -0.39 is 6.10 Å². The third kappa shape index (κ3) is 2.79. The van der Waals surface area contributed by atoms with Crippen LogP contribution in [-0.4, -0.2) is 5.11 Å². The van der Waals surface area contributed by atoms with Crippen LogP contribution in [0.4, 0.5) is 4.39 Å². The van der Waals surface area contributed by atoms with Gasteiger partial charge in [0.15, 0.2) is 0 Å². The van der Waals surface area contributed by atoms with Crippen LogP contribution >= 0.6 is 0 Å². The second-order valence-corrected chi connectivity index (χ2v) is 4.45. The molecular weight excluding hydrogens is 231 g/mol. The molecule has 0 bridgehead atoms. The molecule has 2 aromatic rings. The fourth-order valence-electron chi connectivity index (χ4n) is 1.96. The Morgan fingerprint density at radius 3 is 2.67 bits per heavy atom. The van der Waals surface area contributed by atoms with Gasteiger partial charge in [-0.15, -0.1) is 0 Å². The highest BCUT2D eigenvalue weighted by molar-refractivity contribution is 5.28. The molecule has 1 heterocycles. The summed E-state index contributed by atoms with van der Waals surface area (Å²) in [5.41, 5.74) is 1.77. The van der Waals surface area contributed by atoms with Crippen molar-refractivity contribution in [1.29, 1.82) is 0 Å². The van der Waals surface area contributed by atoms with Gasteiger partial charge in [-0.3, -0.25) is 0 Å². The van der Waals surface area contributed by atoms with E-state index in [0.29, 0.717) is 12.2 Å². The summed E-state index contributed by atoms with van der Waals surface area (Å²) in [5, 5.41) is 10.1. The molecule has 2 nitrogen and oxygen atoms in total. The van der Waals surface area contributed by atoms with Crippen LogP contribution in [-0.2, 0) is 12.8 Å². The highest BCUT2D eigenvalue weighted by Crippen LogP contribution is 2.23. The number of aryl methyl sites for hydroxylation is 2. The Hall–Kier alpha value is -1.61. The maximum atomic E-state index is 13.0. The highest BCUT2D eigenvalue weighted by Gasteiger charge is 2.14. The zero-order valence-electron chi connectivity index (χ0n) is 10.6. The van der Waals surface area contributed by atoms with E-state index >= 15 is 0 Å². The predicted octanol–water partition coefficient (Wildman–Crippen LogP) is 3.57. The van der Waals surface area contributed by atoms with Crippen molar-refractivity contribution in [3.05, 3.63) is 58.8 Å². The predicted molar refractivity (Wildman–Crippen MR) is 67.9 cm³/mol. The van der Waals surface area contributed by atoms with Crippen LogP contribution in [0.2, 0.25) is 0 Å². The first-order valence-corrected chi connectivity index (χ1v) is 6.12. The highest BCUT2D eigenvalue weighted by atomic mass is 19.1. The van der Waals surface area contributed by atoms with Crippen LogP contribution in [0.3, 0.4) is 0 Å². The van der Waals surface area contributed by atoms with Crippen LogP contribution < -0.4 is 0 Å². The average Bonchev–Trinajstić information content (AvgIpc) is 2.81. The van der Waals surface area contributed by atoms with E-state index in [4.69, 9.17) is 4.42 Å². The molecule has 1 unspecified atom stereocenters. The fraction of sp³-hybridized carbons (Fsp3) is 0.333. The lowest BCUT2D eigenvalue weighted by Crippen LogP contribution is -2.02. The van der Waals surface area contributed by atoms with Crippen molar-refractivity contribution < 1.29 is 13.9 Å². The second kappa shape index (κ2) is 5.36. The zero-order chi connectivity index (χ0) is 13.1. The molecule has 3 heteroatoms. The Kier molecular flexibility index (Phi) is 3.82. The van der Waals surface area contributed by atoms with E-state index in [0.717, 1.165) is 23.3 Å². The molecule has 0 amide bonds. The molecule has 0 aliphatic heterocycles. The van der Waals surface area contributed by atoms with Gasteiger partial charge < -0.3 is 9.52 Å². The Bertz CT molecular complexity index is 531. The molecule has 1 aromatic carbocycles. The maximum Gasteiger partial charge on any atom is 0.133 e. The van der Waals surface area contributed by atoms with E-state index in [2.05, 4.69) is 0 Å². The third-order valence-electron chi connectivity index (χ3n) is 3.08. The summed E-state index contributed by atoms with van der Waals surface area (Å²) in [6.07, 6.45) is 0.555. The molecule has 0 fully saturated rings. The molecule has 0 aliphatic carbocycles. The molecule has 2 rings (SSSR count). The van der Waals surface area contributed by atoms with Gasteiger partial charge in [0, 0.05) is 12.8 Å². The lowest BCUT2D eigenvalue weighted by Gasteiger charge is -2.10. The number of halogens is 1. The Morgan fingerprint density at radius 2 is 2.06 bits per heavy atom. The van der Waals surface area contributed by atoms with Gasteiger partial charge in [0.2, 0.25) is 0 Å². The molecule has 1 atom stereocenters. The van der Waals surface area contributed by atoms with E-state index in [-0.39, 0.29) is 5.82 Å². The molecule has 18 heavy (non-hydrogen) atoms. The minimum absolute atomic E-state index is 0.253. The minimum atomic E-state index is -0.686. The van der Waals surface area contributed by atoms with Crippen LogP contribution in [0.1, 0.15) is 35.7 Å². The molecule has 0 saturated heterocycles. The van der Waals surface area contributed by atoms with Crippen LogP contribution in [0.5, 0.6) is 0 Å². The van der Waals surface area contributed by atoms with Gasteiger partial charge >= 0.3 is 0 Å². The number of rotatable bonds is 4. The first kappa shape index (κ1) is 12.8. The van der Waals surface area contributed by atoms with E-state index in [1.54, 1.807) is 12.1 Å². The van der Waals surface area contributed by atoms with E-state index in [9.17, 15) is 9.50 Å². The van der Waals surface area contributed by atoms with Crippen molar-refractivity contribution in [1.82, 2.24) is 0 Å². The number of aliphatic hydroxyl groups is 1. The first-order chi connectivity index (χ1) is 8.60. The Labute approximate surface area is 106 Å². The Balaban J connectivity index is 2.13. The van der Waals surface area contributed by atoms with E-state index in [1.165, 1.54) is 12.1 Å². The summed E-state index contributed by atoms with van der Waals surface area (Å²) in [7, 11) is 0. The smallest absolute Gasteiger partial charge is 0.133 e. The van der Waals surface area contributed by atoms with Gasteiger partial charge in [-0.05, 0) is 42.3 Å². The fourth-order valence-corrected chi connectivity index (χ4v) is 1.96. The van der Waals surface area contributed by atoms with Crippen molar-refractivity contribution in [2.24, 2.45) is 0 Å². The molecule has 1 N–H and O–H groups in total. The van der Waals surface area contributed by atoms with E-state index in [1.807, 2.05) is 19.9 Å². The molecule has 0 radical (unpaired) electrons. The number of benzene rings is 1. The number of hydrogen-bond acceptors (Lipinski definition) is 2. The minimum Gasteiger partial charge on any atom is -0.463 e. The average molecular weight is 248 g/mol. The monoisotopic (exact) mass is 248 g/mol. The van der Waals surface area contributed by atoms with Crippen LogP contribution in [0.15, 0.2) is 34.7 Å². The Morgan fingerprint density at radius 1 is 1.28 bits per heavy atom. The topological polar surface area (TPSA) is 33.4 Å². The van der Waals surface area contributed by atoms with Crippen molar-refractivity contribution >= 4 is 0 Å². The largest absolute Gasteiger partial charge is 0.463 e. The summed E-state index contributed by atoms with van der Waals surface area (Å²) in [4.78, 5) is 0. The standard InChI is InChI=1S/C15H17FO2/c1-3-13-6-7-15(18-13)14(17)9-11-4-5-12(16)8-10(11)2/h4-8,14,17H,3,9H2,1-2H3. The summed E-state index contributed by atoms with van der Waals surface area (Å²) in [6.45, 7) is 3.84. The first-order valence-electron chi connectivity index (χ1n) is 6.12. The van der Waals surface area contributed by atoms with Gasteiger partial charge in [0.05, 0.1) is 0 Å². The quantitative estimate of drug-likeness (QED) is 0.897. The molecular formula is C15H17FO2. The summed E-state index contributed by atoms with van der Waals surface area (Å²) >= 11 is 0. The third-order valence-corrected chi connectivity index (χ3v) is 3.08. The SMILES string of the molecule is CCc1ccc(C(O)Cc2ccc(F)cc2C)o1. The van der Waals surface area contributed by atoms with Crippen molar-refractivity contribution in [2.45, 2.75) is 32.8 Å². The second-order valence-electron chi connectivity index (χ2n) is 4.45. The molecule has 96 valence electrons. The number of furan rings is 1. The van der Waals surface area contributed by atoms with Crippen molar-refractivity contribution in [2.75, 3.05) is 0 Å². The summed E-state index contributed by atoms with van der Waals surface area (Å²) < 4.78 is 18.5. The summed E-state index contributed by atoms with van der Waals surface area (Å²) in [5.74, 6) is 1.17. The van der Waals surface area contributed by atoms with Gasteiger partial charge in [-0.2, -0.15) is 0 Å². The van der Waals surface area contributed by atoms with Gasteiger partial charge in [-0.25, -0.2) is 4.39 Å². The van der Waals surface area contributed by atoms with Gasteiger partial charge in [0.25, 0.3) is 0 Å². The molecule has 0 aliphatic rings. The van der Waals surface area contributed by atoms with Crippen LogP contribution in [0, 0.1) is 12.7 Å². The van der Waals surface area contributed by atoms with Gasteiger partial charge in [0.1, 0.15) is 23.4 Å². The molecule has 0 saturated carbocycles. The lowest BCUT2D eigenvalue weighted by molar-refractivity contribution is 0.148. The number of aliphatic hydroxyl groups excluding tert-OH is 1. The van der Waals surface area contributed by atoms with Gasteiger partial charge in [-0.1, -0.05) is 13.0 Å². The zero-order valence-corrected chi connectivity index (χ0v) is 10.6. The van der Waals surface area contributed by atoms with Crippen molar-refractivity contribution in [3.63, 3.8) is 0 Å². The van der Waals surface area contributed by atoms with Crippen LogP contribution in [0.25, 0.3) is 0 Å². The summed E-state index contributed by atoms with van der Waals surface area (Å²) in [6, 6.07) is 8.26. The number of hydrogen-bond donors (Lipinski definition) is 1. The lowest BCUT2D eigenvalue weighted by atomic mass is 10.0.